The Morgan fingerprint density at radius 3 is 1.40 bits per heavy atom. The van der Waals surface area contributed by atoms with Crippen LogP contribution in [0.2, 0.25) is 0 Å². The van der Waals surface area contributed by atoms with E-state index < -0.39 is 0 Å². The van der Waals surface area contributed by atoms with Gasteiger partial charge in [-0.25, -0.2) is 0 Å². The summed E-state index contributed by atoms with van der Waals surface area (Å²) in [6, 6.07) is 23.6. The molecule has 42 heavy (non-hydrogen) atoms. The van der Waals surface area contributed by atoms with Crippen LogP contribution in [0.5, 0.6) is 0 Å². The van der Waals surface area contributed by atoms with Crippen LogP contribution in [0.3, 0.4) is 0 Å². The zero-order valence-electron chi connectivity index (χ0n) is 26.7. The van der Waals surface area contributed by atoms with Crippen LogP contribution in [-0.2, 0) is 21.6 Å². The molecule has 0 atom stereocenters. The van der Waals surface area contributed by atoms with Gasteiger partial charge in [0.25, 0.3) is 0 Å². The summed E-state index contributed by atoms with van der Waals surface area (Å²) in [5.41, 5.74) is 9.16. The Labute approximate surface area is 262 Å². The van der Waals surface area contributed by atoms with Crippen molar-refractivity contribution in [3.63, 3.8) is 0 Å². The number of benzene rings is 3. The van der Waals surface area contributed by atoms with Gasteiger partial charge in [-0.1, -0.05) is 35.9 Å². The normalized spacial score (nSPS) is 11.6. The Morgan fingerprint density at radius 1 is 0.643 bits per heavy atom. The molecule has 0 bridgehead atoms. The molecule has 228 valence electrons. The monoisotopic (exact) mass is 605 g/mol. The largest absolute Gasteiger partial charge is 0.687 e. The molecule has 0 fully saturated rings. The van der Waals surface area contributed by atoms with Crippen molar-refractivity contribution in [1.29, 1.82) is 0 Å². The van der Waals surface area contributed by atoms with E-state index in [1.807, 2.05) is 30.5 Å². The maximum atomic E-state index is 5.72. The Hall–Kier alpha value is -3.10. The molecule has 0 saturated heterocycles. The molecular formula is C38H49N3Ni-2. The third-order valence-corrected chi connectivity index (χ3v) is 7.87. The quantitative estimate of drug-likeness (QED) is 0.127. The van der Waals surface area contributed by atoms with Crippen LogP contribution in [0.1, 0.15) is 113 Å². The fourth-order valence-corrected chi connectivity index (χ4v) is 5.52. The van der Waals surface area contributed by atoms with Gasteiger partial charge in [0.05, 0.1) is 0 Å². The average molecular weight is 607 g/mol. The van der Waals surface area contributed by atoms with Crippen LogP contribution >= 0.6 is 0 Å². The summed E-state index contributed by atoms with van der Waals surface area (Å²) >= 11 is 5.72. The number of imidazole rings is 1. The minimum Gasteiger partial charge on any atom is -0.687 e. The van der Waals surface area contributed by atoms with Gasteiger partial charge >= 0.3 is 190 Å². The predicted molar refractivity (Wildman–Crippen MR) is 177 cm³/mol. The molecule has 0 aliphatic heterocycles. The molecule has 0 spiro atoms. The second-order valence-electron chi connectivity index (χ2n) is 12.0. The number of aromatic nitrogens is 2. The summed E-state index contributed by atoms with van der Waals surface area (Å²) < 4.78 is 5.36. The van der Waals surface area contributed by atoms with Crippen molar-refractivity contribution in [3.8, 4) is 11.4 Å². The van der Waals surface area contributed by atoms with Gasteiger partial charge in [-0.15, -0.1) is 12.6 Å². The molecular weight excluding hydrogens is 557 g/mol. The summed E-state index contributed by atoms with van der Waals surface area (Å²) in [5, 5.41) is 4.21. The van der Waals surface area contributed by atoms with Gasteiger partial charge in [-0.05, 0) is 0 Å². The Balaban J connectivity index is 0.000000337. The van der Waals surface area contributed by atoms with Crippen molar-refractivity contribution in [1.82, 2.24) is 9.13 Å². The molecule has 3 aromatic carbocycles. The molecule has 0 amide bonds. The number of allylic oxidation sites excluding steroid dienone is 1. The molecule has 3 nitrogen and oxygen atoms in total. The van der Waals surface area contributed by atoms with E-state index >= 15 is 0 Å². The van der Waals surface area contributed by atoms with Crippen molar-refractivity contribution < 1.29 is 15.0 Å². The molecule has 0 saturated carbocycles. The van der Waals surface area contributed by atoms with Crippen LogP contribution in [0.15, 0.2) is 91.4 Å². The Kier molecular flexibility index (Phi) is 12.7. The summed E-state index contributed by atoms with van der Waals surface area (Å²) in [5.74, 6) is 1.73. The standard InChI is InChI=1S/C27H36N2.C11H13N.Ni/c1-18(2)22-11-9-12-23(19(3)4)26(22)28-15-16-29(17-28)27-24(20(5)6)13-10-14-25(27)21(7)8;1-2-3-9-12-10-11-7-5-4-6-8-11;/h9-16,18-21H,1-8H3;3-9H,1-2,10H2;/q;-2;/b;9-3-;. The fourth-order valence-electron chi connectivity index (χ4n) is 5.15. The molecule has 4 rings (SSSR count). The molecule has 4 aromatic rings. The third-order valence-electron chi connectivity index (χ3n) is 7.39. The summed E-state index contributed by atoms with van der Waals surface area (Å²) in [6.45, 7) is 22.5. The number of hydrogen-bond donors (Lipinski definition) is 0. The molecule has 0 N–H and O–H groups in total. The Morgan fingerprint density at radius 2 is 1.05 bits per heavy atom. The minimum atomic E-state index is 0.433. The van der Waals surface area contributed by atoms with Gasteiger partial charge in [0.2, 0.25) is 0 Å². The van der Waals surface area contributed by atoms with E-state index in [4.69, 9.17) is 15.0 Å². The first-order chi connectivity index (χ1) is 20.1. The van der Waals surface area contributed by atoms with Crippen LogP contribution in [-0.4, -0.2) is 9.13 Å². The van der Waals surface area contributed by atoms with Gasteiger partial charge in [0, 0.05) is 0 Å². The first kappa shape index (κ1) is 33.4. The third kappa shape index (κ3) is 8.26. The maximum absolute atomic E-state index is 5.72. The molecule has 0 radical (unpaired) electrons. The van der Waals surface area contributed by atoms with Gasteiger partial charge in [-0.2, -0.15) is 12.6 Å². The second kappa shape index (κ2) is 15.9. The van der Waals surface area contributed by atoms with E-state index in [0.29, 0.717) is 23.7 Å². The molecule has 0 aliphatic rings. The summed E-state index contributed by atoms with van der Waals surface area (Å²) in [4.78, 5) is 0. The van der Waals surface area contributed by atoms with E-state index in [2.05, 4.69) is 138 Å². The van der Waals surface area contributed by atoms with E-state index in [0.717, 1.165) is 17.4 Å². The first-order valence-corrected chi connectivity index (χ1v) is 15.7. The van der Waals surface area contributed by atoms with Crippen LogP contribution in [0.4, 0.5) is 0 Å². The van der Waals surface area contributed by atoms with Crippen molar-refractivity contribution in [3.05, 3.63) is 136 Å². The zero-order chi connectivity index (χ0) is 30.8. The van der Waals surface area contributed by atoms with E-state index in [9.17, 15) is 0 Å². The number of rotatable bonds is 10. The maximum Gasteiger partial charge on any atom is -0.0606 e. The van der Waals surface area contributed by atoms with Crippen LogP contribution in [0, 0.1) is 11.3 Å². The van der Waals surface area contributed by atoms with Crippen molar-refractivity contribution in [2.75, 3.05) is 0 Å². The summed E-state index contributed by atoms with van der Waals surface area (Å²) in [6.07, 6.45) is 8.89. The molecule has 1 heterocycles. The van der Waals surface area contributed by atoms with E-state index in [1.165, 1.54) is 39.2 Å². The molecule has 0 unspecified atom stereocenters. The number of hydrogen-bond acceptors (Lipinski definition) is 0. The topological polar surface area (TPSA) is 24.0 Å². The minimum absolute atomic E-state index is 0.433. The van der Waals surface area contributed by atoms with Crippen LogP contribution in [0.25, 0.3) is 16.7 Å². The summed E-state index contributed by atoms with van der Waals surface area (Å²) in [7, 11) is 0. The fraction of sp³-hybridized carbons (Fsp3) is 0.368. The Bertz CT molecular complexity index is 1350. The molecule has 1 aromatic heterocycles. The number of para-hydroxylation sites is 2. The van der Waals surface area contributed by atoms with E-state index in [1.54, 1.807) is 0 Å². The van der Waals surface area contributed by atoms with Gasteiger partial charge < -0.3 is 12.2 Å². The van der Waals surface area contributed by atoms with Crippen molar-refractivity contribution >= 4 is 0 Å². The van der Waals surface area contributed by atoms with Crippen molar-refractivity contribution in [2.24, 2.45) is 0 Å². The molecule has 0 aliphatic carbocycles. The van der Waals surface area contributed by atoms with Gasteiger partial charge in [0.15, 0.2) is 0 Å². The van der Waals surface area contributed by atoms with Gasteiger partial charge in [0.1, 0.15) is 0 Å². The van der Waals surface area contributed by atoms with Crippen LogP contribution < -0.4 is 0 Å². The SMILES string of the molecule is CC(C)c1cccc(C(C)C)c1-n1ccn(-c2c(C(C)C)cccc2C(C)C)[c]1=[Ni].[CH2-]C/C=C\[N-]Cc1ccccc1. The average Bonchev–Trinajstić information content (AvgIpc) is 3.35. The second-order valence-corrected chi connectivity index (χ2v) is 12.4. The predicted octanol–water partition coefficient (Wildman–Crippen LogP) is 11.1. The van der Waals surface area contributed by atoms with E-state index in [-0.39, 0.29) is 0 Å². The number of nitrogens with zero attached hydrogens (tertiary/aromatic N) is 3. The van der Waals surface area contributed by atoms with Gasteiger partial charge in [-0.3, -0.25) is 0 Å². The first-order valence-electron chi connectivity index (χ1n) is 15.2. The zero-order valence-corrected chi connectivity index (χ0v) is 27.7. The molecule has 4 heteroatoms. The smallest absolute Gasteiger partial charge is 0.0606 e. The van der Waals surface area contributed by atoms with Crippen molar-refractivity contribution in [2.45, 2.75) is 92.0 Å².